The zero-order chi connectivity index (χ0) is 11.9. The fraction of sp³-hybridized carbons (Fsp3) is 0.308. The summed E-state index contributed by atoms with van der Waals surface area (Å²) < 4.78 is 2.06. The number of nitrogens with zero attached hydrogens (tertiary/aromatic N) is 1. The van der Waals surface area contributed by atoms with Gasteiger partial charge < -0.3 is 9.67 Å². The van der Waals surface area contributed by atoms with Gasteiger partial charge in [0.25, 0.3) is 0 Å². The summed E-state index contributed by atoms with van der Waals surface area (Å²) >= 11 is 0. The van der Waals surface area contributed by atoms with Crippen molar-refractivity contribution in [3.63, 3.8) is 0 Å². The summed E-state index contributed by atoms with van der Waals surface area (Å²) in [4.78, 5) is 11.1. The molecular weight excluding hydrogens is 202 g/mol. The third-order valence-electron chi connectivity index (χ3n) is 2.95. The van der Waals surface area contributed by atoms with Gasteiger partial charge in [-0.3, -0.25) is 0 Å². The monoisotopic (exact) mass is 217 g/mol. The molecule has 16 heavy (non-hydrogen) atoms. The third kappa shape index (κ3) is 1.48. The van der Waals surface area contributed by atoms with Crippen LogP contribution in [0.1, 0.15) is 35.8 Å². The third-order valence-corrected chi connectivity index (χ3v) is 2.95. The molecule has 3 heteroatoms. The highest BCUT2D eigenvalue weighted by Crippen LogP contribution is 2.26. The molecule has 0 aliphatic heterocycles. The number of rotatable bonds is 2. The van der Waals surface area contributed by atoms with Crippen LogP contribution in [-0.2, 0) is 7.05 Å². The molecule has 84 valence electrons. The Morgan fingerprint density at radius 1 is 1.38 bits per heavy atom. The van der Waals surface area contributed by atoms with Gasteiger partial charge >= 0.3 is 5.97 Å². The average molecular weight is 217 g/mol. The Bertz CT molecular complexity index is 552. The Labute approximate surface area is 94.3 Å². The quantitative estimate of drug-likeness (QED) is 0.840. The van der Waals surface area contributed by atoms with Crippen molar-refractivity contribution in [3.8, 4) is 0 Å². The number of hydrogen-bond donors (Lipinski definition) is 1. The van der Waals surface area contributed by atoms with E-state index < -0.39 is 5.97 Å². The highest BCUT2D eigenvalue weighted by Gasteiger charge is 2.14. The molecule has 2 aromatic rings. The van der Waals surface area contributed by atoms with Crippen molar-refractivity contribution in [2.24, 2.45) is 7.05 Å². The van der Waals surface area contributed by atoms with Crippen LogP contribution in [0.3, 0.4) is 0 Å². The number of carbonyl (C=O) groups is 1. The molecule has 3 nitrogen and oxygen atoms in total. The van der Waals surface area contributed by atoms with E-state index in [1.165, 1.54) is 0 Å². The molecule has 0 atom stereocenters. The highest BCUT2D eigenvalue weighted by molar-refractivity contribution is 6.03. The Hall–Kier alpha value is -1.77. The zero-order valence-corrected chi connectivity index (χ0v) is 9.69. The summed E-state index contributed by atoms with van der Waals surface area (Å²) in [5, 5.41) is 9.93. The first-order chi connectivity index (χ1) is 7.52. The Kier molecular flexibility index (Phi) is 2.46. The first-order valence-corrected chi connectivity index (χ1v) is 5.34. The standard InChI is InChI=1S/C13H15NO2/c1-8(2)12-7-10-9(13(15)16)5-4-6-11(10)14(12)3/h4-8H,1-3H3,(H,15,16). The normalized spacial score (nSPS) is 11.2. The number of aryl methyl sites for hydroxylation is 1. The van der Waals surface area contributed by atoms with Crippen LogP contribution in [0.25, 0.3) is 10.9 Å². The number of benzene rings is 1. The topological polar surface area (TPSA) is 42.2 Å². The first kappa shape index (κ1) is 10.7. The summed E-state index contributed by atoms with van der Waals surface area (Å²) in [6.45, 7) is 4.21. The smallest absolute Gasteiger partial charge is 0.336 e. The summed E-state index contributed by atoms with van der Waals surface area (Å²) in [5.41, 5.74) is 2.51. The molecule has 0 saturated carbocycles. The van der Waals surface area contributed by atoms with Gasteiger partial charge in [0.2, 0.25) is 0 Å². The highest BCUT2D eigenvalue weighted by atomic mass is 16.4. The van der Waals surface area contributed by atoms with Gasteiger partial charge in [-0.25, -0.2) is 4.79 Å². The number of carboxylic acid groups (broad SMARTS) is 1. The first-order valence-electron chi connectivity index (χ1n) is 5.34. The SMILES string of the molecule is CC(C)c1cc2c(C(=O)O)cccc2n1C. The van der Waals surface area contributed by atoms with Crippen LogP contribution in [0, 0.1) is 0 Å². The van der Waals surface area contributed by atoms with Crippen LogP contribution in [0.5, 0.6) is 0 Å². The molecule has 1 N–H and O–H groups in total. The van der Waals surface area contributed by atoms with E-state index in [0.717, 1.165) is 16.6 Å². The summed E-state index contributed by atoms with van der Waals surface area (Å²) in [6.07, 6.45) is 0. The minimum Gasteiger partial charge on any atom is -0.478 e. The van der Waals surface area contributed by atoms with Gasteiger partial charge in [0, 0.05) is 23.6 Å². The predicted molar refractivity (Wildman–Crippen MR) is 64.0 cm³/mol. The van der Waals surface area contributed by atoms with Crippen molar-refractivity contribution in [2.75, 3.05) is 0 Å². The molecule has 1 aromatic carbocycles. The minimum atomic E-state index is -0.869. The van der Waals surface area contributed by atoms with Crippen LogP contribution in [0.4, 0.5) is 0 Å². The molecule has 1 heterocycles. The van der Waals surface area contributed by atoms with Crippen LogP contribution in [-0.4, -0.2) is 15.6 Å². The minimum absolute atomic E-state index is 0.375. The lowest BCUT2D eigenvalue weighted by atomic mass is 10.1. The van der Waals surface area contributed by atoms with Gasteiger partial charge in [0.15, 0.2) is 0 Å². The molecular formula is C13H15NO2. The van der Waals surface area contributed by atoms with E-state index in [1.54, 1.807) is 12.1 Å². The van der Waals surface area contributed by atoms with E-state index in [0.29, 0.717) is 11.5 Å². The number of aromatic carboxylic acids is 1. The number of hydrogen-bond acceptors (Lipinski definition) is 1. The van der Waals surface area contributed by atoms with Gasteiger partial charge in [0.1, 0.15) is 0 Å². The molecule has 0 aliphatic rings. The Morgan fingerprint density at radius 3 is 2.62 bits per heavy atom. The molecule has 0 aliphatic carbocycles. The molecule has 1 aromatic heterocycles. The van der Waals surface area contributed by atoms with Gasteiger partial charge in [-0.2, -0.15) is 0 Å². The lowest BCUT2D eigenvalue weighted by molar-refractivity contribution is 0.0699. The van der Waals surface area contributed by atoms with E-state index in [1.807, 2.05) is 19.2 Å². The van der Waals surface area contributed by atoms with Crippen LogP contribution in [0.2, 0.25) is 0 Å². The maximum Gasteiger partial charge on any atom is 0.336 e. The number of aromatic nitrogens is 1. The summed E-state index contributed by atoms with van der Waals surface area (Å²) in [5.74, 6) is -0.481. The van der Waals surface area contributed by atoms with Gasteiger partial charge in [-0.05, 0) is 24.1 Å². The van der Waals surface area contributed by atoms with Crippen molar-refractivity contribution in [3.05, 3.63) is 35.5 Å². The largest absolute Gasteiger partial charge is 0.478 e. The van der Waals surface area contributed by atoms with Crippen LogP contribution in [0.15, 0.2) is 24.3 Å². The summed E-state index contributed by atoms with van der Waals surface area (Å²) in [6, 6.07) is 7.36. The van der Waals surface area contributed by atoms with Crippen molar-refractivity contribution >= 4 is 16.9 Å². The van der Waals surface area contributed by atoms with Gasteiger partial charge in [-0.15, -0.1) is 0 Å². The molecule has 0 spiro atoms. The molecule has 0 amide bonds. The van der Waals surface area contributed by atoms with E-state index in [-0.39, 0.29) is 0 Å². The van der Waals surface area contributed by atoms with Crippen molar-refractivity contribution in [2.45, 2.75) is 19.8 Å². The lowest BCUT2D eigenvalue weighted by Crippen LogP contribution is -1.98. The fourth-order valence-corrected chi connectivity index (χ4v) is 2.12. The summed E-state index contributed by atoms with van der Waals surface area (Å²) in [7, 11) is 1.98. The number of fused-ring (bicyclic) bond motifs is 1. The molecule has 0 bridgehead atoms. The molecule has 0 saturated heterocycles. The van der Waals surface area contributed by atoms with Crippen LogP contribution < -0.4 is 0 Å². The second-order valence-electron chi connectivity index (χ2n) is 4.33. The maximum atomic E-state index is 11.1. The lowest BCUT2D eigenvalue weighted by Gasteiger charge is -2.06. The average Bonchev–Trinajstić information content (AvgIpc) is 2.56. The molecule has 0 fully saturated rings. The maximum absolute atomic E-state index is 11.1. The number of carboxylic acids is 1. The second kappa shape index (κ2) is 3.67. The van der Waals surface area contributed by atoms with E-state index in [9.17, 15) is 4.79 Å². The molecule has 2 rings (SSSR count). The fourth-order valence-electron chi connectivity index (χ4n) is 2.12. The van der Waals surface area contributed by atoms with Crippen molar-refractivity contribution in [1.82, 2.24) is 4.57 Å². The Morgan fingerprint density at radius 2 is 2.06 bits per heavy atom. The van der Waals surface area contributed by atoms with Crippen molar-refractivity contribution in [1.29, 1.82) is 0 Å². The van der Waals surface area contributed by atoms with E-state index in [4.69, 9.17) is 5.11 Å². The predicted octanol–water partition coefficient (Wildman–Crippen LogP) is 3.00. The van der Waals surface area contributed by atoms with E-state index >= 15 is 0 Å². The molecule has 0 radical (unpaired) electrons. The van der Waals surface area contributed by atoms with Gasteiger partial charge in [-0.1, -0.05) is 19.9 Å². The molecule has 0 unspecified atom stereocenters. The van der Waals surface area contributed by atoms with E-state index in [2.05, 4.69) is 18.4 Å². The second-order valence-corrected chi connectivity index (χ2v) is 4.33. The zero-order valence-electron chi connectivity index (χ0n) is 9.69. The van der Waals surface area contributed by atoms with Crippen molar-refractivity contribution < 1.29 is 9.90 Å². The van der Waals surface area contributed by atoms with Gasteiger partial charge in [0.05, 0.1) is 5.56 Å². The Balaban J connectivity index is 2.80. The van der Waals surface area contributed by atoms with Crippen LogP contribution >= 0.6 is 0 Å².